The fraction of sp³-hybridized carbons (Fsp3) is 0.333. The minimum absolute atomic E-state index is 0.803. The molecule has 1 heterocycles. The molecule has 0 fully saturated rings. The molecule has 27 heavy (non-hydrogen) atoms. The van der Waals surface area contributed by atoms with Crippen LogP contribution in [0.3, 0.4) is 0 Å². The Morgan fingerprint density at radius 2 is 1.96 bits per heavy atom. The highest BCUT2D eigenvalue weighted by atomic mass is 32.1. The summed E-state index contributed by atoms with van der Waals surface area (Å²) in [6.45, 7) is 9.57. The van der Waals surface area contributed by atoms with E-state index in [0.717, 1.165) is 52.0 Å². The predicted octanol–water partition coefficient (Wildman–Crippen LogP) is 3.57. The smallest absolute Gasteiger partial charge is 0.204 e. The molecule has 0 aliphatic heterocycles. The molecule has 0 aliphatic rings. The quantitative estimate of drug-likeness (QED) is 0.462. The number of hydrazone groups is 1. The molecule has 0 atom stereocenters. The third-order valence-electron chi connectivity index (χ3n) is 4.75. The van der Waals surface area contributed by atoms with Gasteiger partial charge in [0.1, 0.15) is 12.3 Å². The second kappa shape index (κ2) is 8.97. The zero-order chi connectivity index (χ0) is 19.2. The largest absolute Gasteiger partial charge is 0.496 e. The van der Waals surface area contributed by atoms with Crippen molar-refractivity contribution in [3.05, 3.63) is 53.6 Å². The highest BCUT2D eigenvalue weighted by molar-refractivity contribution is 7.22. The van der Waals surface area contributed by atoms with E-state index in [-0.39, 0.29) is 0 Å². The van der Waals surface area contributed by atoms with Gasteiger partial charge in [0.25, 0.3) is 0 Å². The minimum atomic E-state index is 0.803. The van der Waals surface area contributed by atoms with Gasteiger partial charge in [-0.15, -0.1) is 0 Å². The number of nitrogens with zero attached hydrogens (tertiary/aromatic N) is 2. The van der Waals surface area contributed by atoms with Gasteiger partial charge in [0, 0.05) is 5.56 Å². The zero-order valence-corrected chi connectivity index (χ0v) is 17.2. The lowest BCUT2D eigenvalue weighted by molar-refractivity contribution is -0.910. The molecular weight excluding hydrogens is 356 g/mol. The Labute approximate surface area is 164 Å². The molecule has 142 valence electrons. The van der Waals surface area contributed by atoms with Crippen molar-refractivity contribution in [3.8, 4) is 5.75 Å². The van der Waals surface area contributed by atoms with Crippen LogP contribution in [-0.2, 0) is 6.54 Å². The third kappa shape index (κ3) is 4.64. The van der Waals surface area contributed by atoms with E-state index in [1.54, 1.807) is 18.4 Å². The van der Waals surface area contributed by atoms with Gasteiger partial charge in [-0.1, -0.05) is 23.5 Å². The molecule has 0 radical (unpaired) electrons. The topological polar surface area (TPSA) is 51.0 Å². The molecule has 5 nitrogen and oxygen atoms in total. The van der Waals surface area contributed by atoms with E-state index in [4.69, 9.17) is 4.74 Å². The number of nitrogens with one attached hydrogen (secondary N) is 2. The van der Waals surface area contributed by atoms with Crippen molar-refractivity contribution in [3.63, 3.8) is 0 Å². The van der Waals surface area contributed by atoms with Gasteiger partial charge in [-0.25, -0.2) is 4.98 Å². The lowest BCUT2D eigenvalue weighted by atomic mass is 10.1. The molecule has 0 spiro atoms. The fourth-order valence-corrected chi connectivity index (χ4v) is 3.84. The van der Waals surface area contributed by atoms with Gasteiger partial charge in [-0.3, -0.25) is 5.43 Å². The fourth-order valence-electron chi connectivity index (χ4n) is 3.03. The van der Waals surface area contributed by atoms with Crippen LogP contribution in [0.25, 0.3) is 10.2 Å². The maximum atomic E-state index is 5.56. The van der Waals surface area contributed by atoms with Gasteiger partial charge in [-0.05, 0) is 56.7 Å². The number of methoxy groups -OCH3 is 1. The van der Waals surface area contributed by atoms with Crippen LogP contribution in [0, 0.1) is 0 Å². The van der Waals surface area contributed by atoms with Crippen LogP contribution in [0.4, 0.5) is 5.13 Å². The van der Waals surface area contributed by atoms with Gasteiger partial charge in [-0.2, -0.15) is 5.10 Å². The Hall–Kier alpha value is -2.44. The van der Waals surface area contributed by atoms with Crippen molar-refractivity contribution in [2.45, 2.75) is 27.3 Å². The summed E-state index contributed by atoms with van der Waals surface area (Å²) in [4.78, 5) is 6.08. The summed E-state index contributed by atoms with van der Waals surface area (Å²) >= 11 is 1.61. The number of benzene rings is 2. The van der Waals surface area contributed by atoms with Gasteiger partial charge < -0.3 is 9.64 Å². The maximum absolute atomic E-state index is 5.56. The number of anilines is 1. The molecule has 0 saturated heterocycles. The zero-order valence-electron chi connectivity index (χ0n) is 16.4. The van der Waals surface area contributed by atoms with Gasteiger partial charge >= 0.3 is 0 Å². The number of hydrogen-bond donors (Lipinski definition) is 2. The van der Waals surface area contributed by atoms with E-state index in [1.165, 1.54) is 10.5 Å². The molecule has 0 aliphatic carbocycles. The molecule has 1 aromatic heterocycles. The van der Waals surface area contributed by atoms with Crippen molar-refractivity contribution in [1.82, 2.24) is 4.98 Å². The SMILES string of the molecule is CC[NH+](CC)Cc1cc(/C(C)=N\Nc2nc3ccccc3s2)ccc1OC. The average Bonchev–Trinajstić information content (AvgIpc) is 3.13. The normalized spacial score (nSPS) is 12.0. The van der Waals surface area contributed by atoms with Crippen LogP contribution in [0.15, 0.2) is 47.6 Å². The second-order valence-corrected chi connectivity index (χ2v) is 7.49. The first kappa shape index (κ1) is 19.3. The van der Waals surface area contributed by atoms with E-state index in [9.17, 15) is 0 Å². The number of hydrogen-bond acceptors (Lipinski definition) is 5. The lowest BCUT2D eigenvalue weighted by Crippen LogP contribution is -3.10. The first-order valence-corrected chi connectivity index (χ1v) is 10.1. The van der Waals surface area contributed by atoms with Crippen molar-refractivity contribution in [2.24, 2.45) is 5.10 Å². The second-order valence-electron chi connectivity index (χ2n) is 6.46. The summed E-state index contributed by atoms with van der Waals surface area (Å²) in [6, 6.07) is 14.4. The maximum Gasteiger partial charge on any atom is 0.204 e. The predicted molar refractivity (Wildman–Crippen MR) is 114 cm³/mol. The number of aromatic nitrogens is 1. The molecule has 2 N–H and O–H groups in total. The van der Waals surface area contributed by atoms with Crippen molar-refractivity contribution in [2.75, 3.05) is 25.6 Å². The monoisotopic (exact) mass is 383 g/mol. The minimum Gasteiger partial charge on any atom is -0.496 e. The molecule has 6 heteroatoms. The van der Waals surface area contributed by atoms with E-state index < -0.39 is 0 Å². The van der Waals surface area contributed by atoms with E-state index >= 15 is 0 Å². The summed E-state index contributed by atoms with van der Waals surface area (Å²) in [5.41, 5.74) is 7.32. The number of fused-ring (bicyclic) bond motifs is 1. The first-order valence-electron chi connectivity index (χ1n) is 9.31. The van der Waals surface area contributed by atoms with Crippen LogP contribution in [0.2, 0.25) is 0 Å². The molecule has 0 saturated carbocycles. The standard InChI is InChI=1S/C21H26N4OS/c1-5-25(6-2)14-17-13-16(11-12-19(17)26-4)15(3)23-24-21-22-18-9-7-8-10-20(18)27-21/h7-13H,5-6,14H2,1-4H3,(H,22,24)/p+1/b23-15-. The van der Waals surface area contributed by atoms with Gasteiger partial charge in [0.2, 0.25) is 5.13 Å². The van der Waals surface area contributed by atoms with Crippen LogP contribution in [0.5, 0.6) is 5.75 Å². The third-order valence-corrected chi connectivity index (χ3v) is 5.69. The van der Waals surface area contributed by atoms with Crippen LogP contribution < -0.4 is 15.1 Å². The van der Waals surface area contributed by atoms with Crippen LogP contribution in [-0.4, -0.2) is 30.9 Å². The Morgan fingerprint density at radius 1 is 1.19 bits per heavy atom. The molecule has 0 bridgehead atoms. The number of ether oxygens (including phenoxy) is 1. The summed E-state index contributed by atoms with van der Waals surface area (Å²) in [5, 5.41) is 5.35. The summed E-state index contributed by atoms with van der Waals surface area (Å²) in [6.07, 6.45) is 0. The van der Waals surface area contributed by atoms with Crippen LogP contribution in [0.1, 0.15) is 31.9 Å². The van der Waals surface area contributed by atoms with Crippen LogP contribution >= 0.6 is 11.3 Å². The number of quaternary nitrogens is 1. The van der Waals surface area contributed by atoms with E-state index in [2.05, 4.69) is 47.6 Å². The number of para-hydroxylation sites is 1. The Kier molecular flexibility index (Phi) is 6.42. The molecule has 0 unspecified atom stereocenters. The lowest BCUT2D eigenvalue weighted by Gasteiger charge is -2.18. The average molecular weight is 384 g/mol. The molecular formula is C21H27N4OS+. The number of thiazole rings is 1. The molecule has 0 amide bonds. The number of rotatable bonds is 8. The summed E-state index contributed by atoms with van der Waals surface area (Å²) in [5.74, 6) is 0.935. The Morgan fingerprint density at radius 3 is 2.67 bits per heavy atom. The van der Waals surface area contributed by atoms with E-state index in [1.807, 2.05) is 31.2 Å². The van der Waals surface area contributed by atoms with Crippen molar-refractivity contribution >= 4 is 32.4 Å². The highest BCUT2D eigenvalue weighted by Crippen LogP contribution is 2.25. The van der Waals surface area contributed by atoms with Crippen molar-refractivity contribution in [1.29, 1.82) is 0 Å². The molecule has 3 rings (SSSR count). The molecule has 2 aromatic carbocycles. The highest BCUT2D eigenvalue weighted by Gasteiger charge is 2.12. The Balaban J connectivity index is 1.80. The Bertz CT molecular complexity index is 898. The first-order chi connectivity index (χ1) is 13.1. The van der Waals surface area contributed by atoms with Crippen molar-refractivity contribution < 1.29 is 9.64 Å². The summed E-state index contributed by atoms with van der Waals surface area (Å²) in [7, 11) is 1.73. The van der Waals surface area contributed by atoms with Gasteiger partial charge in [0.05, 0.1) is 36.1 Å². The van der Waals surface area contributed by atoms with Gasteiger partial charge in [0.15, 0.2) is 0 Å². The van der Waals surface area contributed by atoms with E-state index in [0.29, 0.717) is 0 Å². The summed E-state index contributed by atoms with van der Waals surface area (Å²) < 4.78 is 6.71. The molecule has 3 aromatic rings.